The van der Waals surface area contributed by atoms with Crippen LogP contribution in [0.15, 0.2) is 77.7 Å². The number of benzene rings is 3. The third kappa shape index (κ3) is 3.03. The van der Waals surface area contributed by atoms with Crippen molar-refractivity contribution in [1.82, 2.24) is 0 Å². The van der Waals surface area contributed by atoms with Crippen LogP contribution in [0.3, 0.4) is 0 Å². The largest absolute Gasteiger partial charge is 0.497 e. The number of fused-ring (bicyclic) bond motifs is 1. The molecule has 1 atom stereocenters. The van der Waals surface area contributed by atoms with Crippen LogP contribution in [0, 0.1) is 0 Å². The van der Waals surface area contributed by atoms with Gasteiger partial charge >= 0.3 is 0 Å². The van der Waals surface area contributed by atoms with Gasteiger partial charge in [-0.1, -0.05) is 30.3 Å². The molecular formula is C22H19NO5S. The van der Waals surface area contributed by atoms with Crippen LogP contribution in [0.5, 0.6) is 11.5 Å². The van der Waals surface area contributed by atoms with E-state index >= 15 is 0 Å². The van der Waals surface area contributed by atoms with Crippen molar-refractivity contribution in [3.05, 3.63) is 83.9 Å². The first-order valence-corrected chi connectivity index (χ1v) is 10.4. The third-order valence-electron chi connectivity index (χ3n) is 4.93. The minimum absolute atomic E-state index is 0.113. The van der Waals surface area contributed by atoms with Gasteiger partial charge in [-0.05, 0) is 36.4 Å². The van der Waals surface area contributed by atoms with E-state index in [4.69, 9.17) is 9.47 Å². The van der Waals surface area contributed by atoms with E-state index in [9.17, 15) is 13.2 Å². The topological polar surface area (TPSA) is 72.9 Å². The summed E-state index contributed by atoms with van der Waals surface area (Å²) in [7, 11) is -0.999. The fourth-order valence-electron chi connectivity index (χ4n) is 3.55. The smallest absolute Gasteiger partial charge is 0.265 e. The SMILES string of the molecule is COc1ccc(C2C(=O)c3ccccc3N2S(=O)(=O)c2ccccc2)c(OC)c1. The van der Waals surface area contributed by atoms with Crippen LogP contribution < -0.4 is 13.8 Å². The molecule has 148 valence electrons. The zero-order chi connectivity index (χ0) is 20.6. The second kappa shape index (κ2) is 7.25. The van der Waals surface area contributed by atoms with Gasteiger partial charge in [0.2, 0.25) is 0 Å². The van der Waals surface area contributed by atoms with Crippen molar-refractivity contribution in [2.45, 2.75) is 10.9 Å². The average Bonchev–Trinajstić information content (AvgIpc) is 3.07. The summed E-state index contributed by atoms with van der Waals surface area (Å²) < 4.78 is 39.0. The Bertz CT molecular complexity index is 1170. The van der Waals surface area contributed by atoms with Crippen LogP contribution in [0.2, 0.25) is 0 Å². The molecule has 1 unspecified atom stereocenters. The van der Waals surface area contributed by atoms with Crippen molar-refractivity contribution >= 4 is 21.5 Å². The predicted octanol–water partition coefficient (Wildman–Crippen LogP) is 3.84. The van der Waals surface area contributed by atoms with Gasteiger partial charge in [0.25, 0.3) is 10.0 Å². The maximum atomic E-state index is 13.6. The van der Waals surface area contributed by atoms with Gasteiger partial charge in [0.05, 0.1) is 24.8 Å². The van der Waals surface area contributed by atoms with E-state index in [0.29, 0.717) is 28.3 Å². The highest BCUT2D eigenvalue weighted by Gasteiger charge is 2.46. The molecule has 3 aromatic carbocycles. The molecule has 0 radical (unpaired) electrons. The maximum absolute atomic E-state index is 13.6. The zero-order valence-corrected chi connectivity index (χ0v) is 16.7. The Hall–Kier alpha value is -3.32. The summed E-state index contributed by atoms with van der Waals surface area (Å²) >= 11 is 0. The van der Waals surface area contributed by atoms with Crippen molar-refractivity contribution in [3.63, 3.8) is 0 Å². The lowest BCUT2D eigenvalue weighted by Gasteiger charge is -2.27. The summed E-state index contributed by atoms with van der Waals surface area (Å²) in [5.74, 6) is 0.623. The molecule has 0 aromatic heterocycles. The van der Waals surface area contributed by atoms with Gasteiger partial charge in [-0.25, -0.2) is 8.42 Å². The second-order valence-electron chi connectivity index (χ2n) is 6.51. The standard InChI is InChI=1S/C22H19NO5S/c1-27-15-12-13-18(20(14-15)28-2)21-22(24)17-10-6-7-11-19(17)23(21)29(25,26)16-8-4-3-5-9-16/h3-14,21H,1-2H3. The quantitative estimate of drug-likeness (QED) is 0.640. The number of carbonyl (C=O) groups excluding carboxylic acids is 1. The fourth-order valence-corrected chi connectivity index (χ4v) is 5.19. The van der Waals surface area contributed by atoms with Gasteiger partial charge < -0.3 is 9.47 Å². The van der Waals surface area contributed by atoms with Gasteiger partial charge in [-0.15, -0.1) is 0 Å². The Kier molecular flexibility index (Phi) is 4.76. The number of hydrogen-bond donors (Lipinski definition) is 0. The van der Waals surface area contributed by atoms with Crippen molar-refractivity contribution in [1.29, 1.82) is 0 Å². The molecule has 4 rings (SSSR count). The monoisotopic (exact) mass is 409 g/mol. The van der Waals surface area contributed by atoms with E-state index in [-0.39, 0.29) is 10.7 Å². The number of ketones is 1. The number of Topliss-reactive ketones (excluding diaryl/α,β-unsaturated/α-hetero) is 1. The number of para-hydroxylation sites is 1. The van der Waals surface area contributed by atoms with E-state index in [1.165, 1.54) is 30.7 Å². The minimum Gasteiger partial charge on any atom is -0.497 e. The number of sulfonamides is 1. The molecule has 0 fully saturated rings. The second-order valence-corrected chi connectivity index (χ2v) is 8.32. The Morgan fingerprint density at radius 3 is 2.24 bits per heavy atom. The van der Waals surface area contributed by atoms with E-state index in [2.05, 4.69) is 0 Å². The summed E-state index contributed by atoms with van der Waals surface area (Å²) in [6.07, 6.45) is 0. The molecule has 0 aliphatic carbocycles. The van der Waals surface area contributed by atoms with Crippen molar-refractivity contribution in [3.8, 4) is 11.5 Å². The molecule has 29 heavy (non-hydrogen) atoms. The fraction of sp³-hybridized carbons (Fsp3) is 0.136. The normalized spacial score (nSPS) is 15.9. The number of nitrogens with zero attached hydrogens (tertiary/aromatic N) is 1. The highest BCUT2D eigenvalue weighted by Crippen LogP contribution is 2.46. The van der Waals surface area contributed by atoms with E-state index < -0.39 is 16.1 Å². The first-order chi connectivity index (χ1) is 14.0. The number of rotatable bonds is 5. The first kappa shape index (κ1) is 19.0. The van der Waals surface area contributed by atoms with Crippen LogP contribution in [0.1, 0.15) is 22.0 Å². The lowest BCUT2D eigenvalue weighted by molar-refractivity contribution is 0.0973. The van der Waals surface area contributed by atoms with E-state index in [1.807, 2.05) is 0 Å². The number of anilines is 1. The Morgan fingerprint density at radius 2 is 1.55 bits per heavy atom. The van der Waals surface area contributed by atoms with Gasteiger partial charge in [-0.2, -0.15) is 0 Å². The summed E-state index contributed by atoms with van der Waals surface area (Å²) in [4.78, 5) is 13.4. The molecule has 0 N–H and O–H groups in total. The molecule has 7 heteroatoms. The van der Waals surface area contributed by atoms with Gasteiger partial charge in [0.15, 0.2) is 5.78 Å². The number of carbonyl (C=O) groups is 1. The number of ether oxygens (including phenoxy) is 2. The maximum Gasteiger partial charge on any atom is 0.265 e. The zero-order valence-electron chi connectivity index (χ0n) is 15.9. The summed E-state index contributed by atoms with van der Waals surface area (Å²) in [5, 5.41) is 0. The molecule has 0 spiro atoms. The lowest BCUT2D eigenvalue weighted by atomic mass is 10.0. The molecule has 0 amide bonds. The van der Waals surface area contributed by atoms with Gasteiger partial charge in [-0.3, -0.25) is 9.10 Å². The summed E-state index contributed by atoms with van der Waals surface area (Å²) in [6.45, 7) is 0. The highest BCUT2D eigenvalue weighted by atomic mass is 32.2. The Balaban J connectivity index is 1.95. The Morgan fingerprint density at radius 1 is 0.862 bits per heavy atom. The van der Waals surface area contributed by atoms with Gasteiger partial charge in [0, 0.05) is 17.2 Å². The highest BCUT2D eigenvalue weighted by molar-refractivity contribution is 7.93. The van der Waals surface area contributed by atoms with Crippen molar-refractivity contribution < 1.29 is 22.7 Å². The molecule has 3 aromatic rings. The summed E-state index contributed by atoms with van der Waals surface area (Å²) in [6, 6.07) is 18.7. The third-order valence-corrected chi connectivity index (χ3v) is 6.72. The van der Waals surface area contributed by atoms with Crippen LogP contribution in [-0.4, -0.2) is 28.4 Å². The van der Waals surface area contributed by atoms with Crippen LogP contribution in [0.25, 0.3) is 0 Å². The molecule has 1 heterocycles. The number of methoxy groups -OCH3 is 2. The number of hydrogen-bond acceptors (Lipinski definition) is 5. The van der Waals surface area contributed by atoms with Crippen molar-refractivity contribution in [2.24, 2.45) is 0 Å². The van der Waals surface area contributed by atoms with Crippen molar-refractivity contribution in [2.75, 3.05) is 18.5 Å². The predicted molar refractivity (Wildman–Crippen MR) is 109 cm³/mol. The van der Waals surface area contributed by atoms with E-state index in [1.54, 1.807) is 60.7 Å². The Labute approximate surface area is 169 Å². The molecule has 0 saturated heterocycles. The van der Waals surface area contributed by atoms with Crippen LogP contribution in [-0.2, 0) is 10.0 Å². The lowest BCUT2D eigenvalue weighted by Crippen LogP contribution is -2.34. The average molecular weight is 409 g/mol. The molecule has 0 saturated carbocycles. The van der Waals surface area contributed by atoms with Crippen LogP contribution >= 0.6 is 0 Å². The molecule has 6 nitrogen and oxygen atoms in total. The van der Waals surface area contributed by atoms with Crippen LogP contribution in [0.4, 0.5) is 5.69 Å². The first-order valence-electron chi connectivity index (χ1n) is 8.93. The van der Waals surface area contributed by atoms with Gasteiger partial charge in [0.1, 0.15) is 17.5 Å². The van der Waals surface area contributed by atoms with E-state index in [0.717, 1.165) is 0 Å². The molecule has 1 aliphatic rings. The molecular weight excluding hydrogens is 390 g/mol. The molecule has 0 bridgehead atoms. The summed E-state index contributed by atoms with van der Waals surface area (Å²) in [5.41, 5.74) is 1.16. The molecule has 1 aliphatic heterocycles. The minimum atomic E-state index is -4.00.